The Morgan fingerprint density at radius 3 is 2.43 bits per heavy atom. The molecule has 3 nitrogen and oxygen atoms in total. The number of piperazine rings is 1. The molecule has 3 rings (SSSR count). The molecule has 23 heavy (non-hydrogen) atoms. The number of carbonyl (C=O) groups excluding carboxylic acids is 1. The molecule has 1 aromatic rings. The maximum Gasteiger partial charge on any atom is 0.225 e. The van der Waals surface area contributed by atoms with E-state index in [2.05, 4.69) is 4.90 Å². The Balaban J connectivity index is 1.52. The standard InChI is InChI=1S/C18H24F2N2O/c19-16-8-4-7-15(17(16)20)13-21-9-11-22(12-10-21)18(23)14-5-2-1-3-6-14/h4,7-8,14H,1-3,5-6,9-13H2. The highest BCUT2D eigenvalue weighted by Crippen LogP contribution is 2.26. The van der Waals surface area contributed by atoms with Gasteiger partial charge in [-0.3, -0.25) is 9.69 Å². The molecule has 0 N–H and O–H groups in total. The van der Waals surface area contributed by atoms with Crippen LogP contribution in [0.5, 0.6) is 0 Å². The van der Waals surface area contributed by atoms with Crippen molar-refractivity contribution in [1.29, 1.82) is 0 Å². The van der Waals surface area contributed by atoms with Crippen LogP contribution in [0.25, 0.3) is 0 Å². The van der Waals surface area contributed by atoms with Crippen molar-refractivity contribution in [3.05, 3.63) is 35.4 Å². The number of halogens is 2. The van der Waals surface area contributed by atoms with Crippen molar-refractivity contribution in [2.75, 3.05) is 26.2 Å². The number of hydrogen-bond acceptors (Lipinski definition) is 2. The third-order valence-electron chi connectivity index (χ3n) is 5.06. The van der Waals surface area contributed by atoms with Crippen molar-refractivity contribution in [2.45, 2.75) is 38.6 Å². The number of rotatable bonds is 3. The average Bonchev–Trinajstić information content (AvgIpc) is 2.60. The summed E-state index contributed by atoms with van der Waals surface area (Å²) in [6.07, 6.45) is 5.61. The quantitative estimate of drug-likeness (QED) is 0.853. The van der Waals surface area contributed by atoms with E-state index in [0.717, 1.165) is 31.7 Å². The zero-order valence-electron chi connectivity index (χ0n) is 13.4. The number of benzene rings is 1. The maximum absolute atomic E-state index is 13.7. The minimum Gasteiger partial charge on any atom is -0.340 e. The summed E-state index contributed by atoms with van der Waals surface area (Å²) in [5.74, 6) is -1.06. The van der Waals surface area contributed by atoms with Gasteiger partial charge in [0.1, 0.15) is 0 Å². The van der Waals surface area contributed by atoms with Gasteiger partial charge in [-0.05, 0) is 18.9 Å². The minimum absolute atomic E-state index is 0.205. The number of carbonyl (C=O) groups is 1. The third kappa shape index (κ3) is 3.89. The Morgan fingerprint density at radius 1 is 1.04 bits per heavy atom. The van der Waals surface area contributed by atoms with Gasteiger partial charge in [0.05, 0.1) is 0 Å². The molecule has 0 aromatic heterocycles. The lowest BCUT2D eigenvalue weighted by Crippen LogP contribution is -2.50. The van der Waals surface area contributed by atoms with Gasteiger partial charge in [0.2, 0.25) is 5.91 Å². The second-order valence-corrected chi connectivity index (χ2v) is 6.65. The van der Waals surface area contributed by atoms with Gasteiger partial charge >= 0.3 is 0 Å². The summed E-state index contributed by atoms with van der Waals surface area (Å²) in [6, 6.07) is 4.30. The summed E-state index contributed by atoms with van der Waals surface area (Å²) in [4.78, 5) is 16.6. The van der Waals surface area contributed by atoms with E-state index in [4.69, 9.17) is 0 Å². The molecule has 2 aliphatic rings. The van der Waals surface area contributed by atoms with Crippen LogP contribution in [0, 0.1) is 17.6 Å². The van der Waals surface area contributed by atoms with E-state index in [9.17, 15) is 13.6 Å². The molecule has 0 atom stereocenters. The molecular formula is C18H24F2N2O. The van der Waals surface area contributed by atoms with Gasteiger partial charge in [0.25, 0.3) is 0 Å². The molecule has 0 spiro atoms. The smallest absolute Gasteiger partial charge is 0.225 e. The molecule has 1 aromatic carbocycles. The lowest BCUT2D eigenvalue weighted by molar-refractivity contribution is -0.138. The molecule has 1 saturated carbocycles. The Morgan fingerprint density at radius 2 is 1.74 bits per heavy atom. The highest BCUT2D eigenvalue weighted by Gasteiger charge is 2.28. The van der Waals surface area contributed by atoms with Crippen molar-refractivity contribution >= 4 is 5.91 Å². The van der Waals surface area contributed by atoms with Crippen LogP contribution in [0.4, 0.5) is 8.78 Å². The van der Waals surface area contributed by atoms with E-state index in [0.29, 0.717) is 44.2 Å². The van der Waals surface area contributed by atoms with Crippen LogP contribution in [0.2, 0.25) is 0 Å². The molecule has 1 aliphatic heterocycles. The minimum atomic E-state index is -0.798. The van der Waals surface area contributed by atoms with Gasteiger partial charge in [0.15, 0.2) is 11.6 Å². The summed E-state index contributed by atoms with van der Waals surface area (Å²) in [6.45, 7) is 3.20. The zero-order chi connectivity index (χ0) is 16.2. The van der Waals surface area contributed by atoms with Crippen LogP contribution in [-0.2, 0) is 11.3 Å². The highest BCUT2D eigenvalue weighted by atomic mass is 19.2. The topological polar surface area (TPSA) is 23.6 Å². The SMILES string of the molecule is O=C(C1CCCCC1)N1CCN(Cc2cccc(F)c2F)CC1. The van der Waals surface area contributed by atoms with Crippen LogP contribution in [0.1, 0.15) is 37.7 Å². The van der Waals surface area contributed by atoms with Crippen LogP contribution in [0.3, 0.4) is 0 Å². The van der Waals surface area contributed by atoms with Crippen LogP contribution in [-0.4, -0.2) is 41.9 Å². The first kappa shape index (κ1) is 16.4. The van der Waals surface area contributed by atoms with E-state index in [1.165, 1.54) is 12.5 Å². The second kappa shape index (κ2) is 7.39. The lowest BCUT2D eigenvalue weighted by atomic mass is 9.88. The predicted molar refractivity (Wildman–Crippen MR) is 84.8 cm³/mol. The van der Waals surface area contributed by atoms with Crippen molar-refractivity contribution in [1.82, 2.24) is 9.80 Å². The lowest BCUT2D eigenvalue weighted by Gasteiger charge is -2.37. The monoisotopic (exact) mass is 322 g/mol. The number of hydrogen-bond donors (Lipinski definition) is 0. The van der Waals surface area contributed by atoms with Crippen molar-refractivity contribution in [3.63, 3.8) is 0 Å². The first-order chi connectivity index (χ1) is 11.1. The molecule has 1 saturated heterocycles. The molecule has 1 amide bonds. The normalized spacial score (nSPS) is 20.7. The Kier molecular flexibility index (Phi) is 5.26. The van der Waals surface area contributed by atoms with Gasteiger partial charge in [0, 0.05) is 44.2 Å². The van der Waals surface area contributed by atoms with E-state index < -0.39 is 11.6 Å². The van der Waals surface area contributed by atoms with Gasteiger partial charge in [-0.2, -0.15) is 0 Å². The Hall–Kier alpha value is -1.49. The molecule has 0 radical (unpaired) electrons. The summed E-state index contributed by atoms with van der Waals surface area (Å²) in [5, 5.41) is 0. The predicted octanol–water partition coefficient (Wildman–Crippen LogP) is 3.19. The van der Waals surface area contributed by atoms with Crippen LogP contribution >= 0.6 is 0 Å². The molecule has 1 aliphatic carbocycles. The summed E-state index contributed by atoms with van der Waals surface area (Å²) in [7, 11) is 0. The molecule has 5 heteroatoms. The molecule has 2 fully saturated rings. The zero-order valence-corrected chi connectivity index (χ0v) is 13.4. The Labute approximate surface area is 136 Å². The Bertz CT molecular complexity index is 550. The number of nitrogens with zero attached hydrogens (tertiary/aromatic N) is 2. The first-order valence-corrected chi connectivity index (χ1v) is 8.59. The maximum atomic E-state index is 13.7. The van der Waals surface area contributed by atoms with E-state index >= 15 is 0 Å². The third-order valence-corrected chi connectivity index (χ3v) is 5.06. The van der Waals surface area contributed by atoms with Gasteiger partial charge in [-0.1, -0.05) is 31.4 Å². The van der Waals surface area contributed by atoms with Crippen molar-refractivity contribution < 1.29 is 13.6 Å². The fourth-order valence-corrected chi connectivity index (χ4v) is 3.65. The summed E-state index contributed by atoms with van der Waals surface area (Å²) >= 11 is 0. The van der Waals surface area contributed by atoms with E-state index in [1.807, 2.05) is 4.90 Å². The molecule has 0 unspecified atom stereocenters. The van der Waals surface area contributed by atoms with E-state index in [1.54, 1.807) is 6.07 Å². The van der Waals surface area contributed by atoms with Crippen LogP contribution in [0.15, 0.2) is 18.2 Å². The largest absolute Gasteiger partial charge is 0.340 e. The molecule has 1 heterocycles. The first-order valence-electron chi connectivity index (χ1n) is 8.59. The summed E-state index contributed by atoms with van der Waals surface area (Å²) < 4.78 is 27.0. The molecule has 126 valence electrons. The van der Waals surface area contributed by atoms with Gasteiger partial charge in [-0.25, -0.2) is 8.78 Å². The highest BCUT2D eigenvalue weighted by molar-refractivity contribution is 5.79. The van der Waals surface area contributed by atoms with Crippen LogP contribution < -0.4 is 0 Å². The fourth-order valence-electron chi connectivity index (χ4n) is 3.65. The van der Waals surface area contributed by atoms with Gasteiger partial charge < -0.3 is 4.90 Å². The number of amides is 1. The van der Waals surface area contributed by atoms with E-state index in [-0.39, 0.29) is 5.92 Å². The molecular weight excluding hydrogens is 298 g/mol. The fraction of sp³-hybridized carbons (Fsp3) is 0.611. The van der Waals surface area contributed by atoms with Crippen molar-refractivity contribution in [2.24, 2.45) is 5.92 Å². The summed E-state index contributed by atoms with van der Waals surface area (Å²) in [5.41, 5.74) is 0.386. The average molecular weight is 322 g/mol. The second-order valence-electron chi connectivity index (χ2n) is 6.65. The molecule has 0 bridgehead atoms. The van der Waals surface area contributed by atoms with Gasteiger partial charge in [-0.15, -0.1) is 0 Å². The van der Waals surface area contributed by atoms with Crippen molar-refractivity contribution in [3.8, 4) is 0 Å².